The van der Waals surface area contributed by atoms with Gasteiger partial charge in [0.15, 0.2) is 5.13 Å². The molecular weight excluding hydrogens is 365 g/mol. The monoisotopic (exact) mass is 381 g/mol. The molecule has 2 atom stereocenters. The van der Waals surface area contributed by atoms with Gasteiger partial charge in [0, 0.05) is 40.9 Å². The number of benzene rings is 1. The van der Waals surface area contributed by atoms with E-state index in [2.05, 4.69) is 15.3 Å². The summed E-state index contributed by atoms with van der Waals surface area (Å²) in [4.78, 5) is 20.8. The third kappa shape index (κ3) is 3.11. The molecule has 3 heterocycles. The van der Waals surface area contributed by atoms with Crippen molar-refractivity contribution in [3.05, 3.63) is 64.9 Å². The predicted molar refractivity (Wildman–Crippen MR) is 98.8 cm³/mol. The summed E-state index contributed by atoms with van der Waals surface area (Å²) in [7, 11) is 0. The Bertz CT molecular complexity index is 1040. The molecule has 0 saturated heterocycles. The highest BCUT2D eigenvalue weighted by Crippen LogP contribution is 2.46. The van der Waals surface area contributed by atoms with Crippen LogP contribution < -0.4 is 5.32 Å². The molecule has 136 valence electrons. The third-order valence-electron chi connectivity index (χ3n) is 4.98. The average Bonchev–Trinajstić information content (AvgIpc) is 3.35. The summed E-state index contributed by atoms with van der Waals surface area (Å²) < 4.78 is 16.5. The van der Waals surface area contributed by atoms with Crippen LogP contribution in [0.15, 0.2) is 42.3 Å². The van der Waals surface area contributed by atoms with Gasteiger partial charge in [-0.3, -0.25) is 4.79 Å². The lowest BCUT2D eigenvalue weighted by Crippen LogP contribution is -2.27. The largest absolute Gasteiger partial charge is 0.326 e. The molecule has 1 aromatic carbocycles. The zero-order valence-corrected chi connectivity index (χ0v) is 15.3. The summed E-state index contributed by atoms with van der Waals surface area (Å²) in [5.41, 5.74) is 1.19. The molecule has 0 fully saturated rings. The molecule has 27 heavy (non-hydrogen) atoms. The van der Waals surface area contributed by atoms with E-state index in [0.29, 0.717) is 17.1 Å². The lowest BCUT2D eigenvalue weighted by molar-refractivity contribution is -0.117. The van der Waals surface area contributed by atoms with Crippen LogP contribution in [0.1, 0.15) is 42.6 Å². The van der Waals surface area contributed by atoms with Crippen LogP contribution in [0, 0.1) is 17.1 Å². The molecule has 6 nitrogen and oxygen atoms in total. The van der Waals surface area contributed by atoms with Crippen molar-refractivity contribution < 1.29 is 9.18 Å². The molecule has 3 aromatic rings. The summed E-state index contributed by atoms with van der Waals surface area (Å²) in [5, 5.41) is 14.1. The minimum atomic E-state index is -0.483. The lowest BCUT2D eigenvalue weighted by atomic mass is 9.80. The van der Waals surface area contributed by atoms with Crippen LogP contribution in [-0.2, 0) is 10.2 Å². The summed E-state index contributed by atoms with van der Waals surface area (Å²) in [6.07, 6.45) is 5.85. The summed E-state index contributed by atoms with van der Waals surface area (Å²) >= 11 is 1.36. The van der Waals surface area contributed by atoms with E-state index in [0.717, 1.165) is 5.69 Å². The first kappa shape index (κ1) is 17.4. The smallest absolute Gasteiger partial charge is 0.227 e. The number of thiazole rings is 1. The molecular formula is C19H16FN5OS. The molecule has 0 aliphatic carbocycles. The normalized spacial score (nSPS) is 20.9. The van der Waals surface area contributed by atoms with Gasteiger partial charge in [-0.05, 0) is 18.6 Å². The Morgan fingerprint density at radius 1 is 1.56 bits per heavy atom. The number of carbonyl (C=O) groups is 1. The quantitative estimate of drug-likeness (QED) is 0.748. The molecule has 0 saturated carbocycles. The lowest BCUT2D eigenvalue weighted by Gasteiger charge is -2.23. The zero-order valence-electron chi connectivity index (χ0n) is 14.5. The molecule has 8 heteroatoms. The fraction of sp³-hybridized carbons (Fsp3) is 0.263. The van der Waals surface area contributed by atoms with E-state index in [1.165, 1.54) is 17.4 Å². The standard InChI is InChI=1S/C19H16FN5OS/c1-19(8-17(26)24-18-23-4-5-27-18)7-15(25-11-22-10-16(19)25)13-3-2-12(9-21)6-14(13)20/h2-6,10-11,15H,7-8H2,1H3,(H,23,24,26)/t15-,19?/m1/s1. The second kappa shape index (κ2) is 6.59. The first-order valence-electron chi connectivity index (χ1n) is 8.41. The number of aromatic nitrogens is 3. The van der Waals surface area contributed by atoms with Gasteiger partial charge >= 0.3 is 0 Å². The highest BCUT2D eigenvalue weighted by molar-refractivity contribution is 7.13. The van der Waals surface area contributed by atoms with Gasteiger partial charge in [-0.2, -0.15) is 5.26 Å². The van der Waals surface area contributed by atoms with Gasteiger partial charge in [-0.1, -0.05) is 13.0 Å². The van der Waals surface area contributed by atoms with E-state index in [-0.39, 0.29) is 23.9 Å². The summed E-state index contributed by atoms with van der Waals surface area (Å²) in [5.74, 6) is -0.559. The number of hydrogen-bond acceptors (Lipinski definition) is 5. The van der Waals surface area contributed by atoms with Gasteiger partial charge in [0.05, 0.1) is 24.0 Å². The van der Waals surface area contributed by atoms with E-state index in [1.54, 1.807) is 36.2 Å². The molecule has 0 bridgehead atoms. The number of anilines is 1. The van der Waals surface area contributed by atoms with Crippen LogP contribution in [0.5, 0.6) is 0 Å². The average molecular weight is 381 g/mol. The van der Waals surface area contributed by atoms with Gasteiger partial charge in [0.2, 0.25) is 5.91 Å². The van der Waals surface area contributed by atoms with E-state index < -0.39 is 11.2 Å². The Kier molecular flexibility index (Phi) is 4.24. The van der Waals surface area contributed by atoms with Crippen LogP contribution in [-0.4, -0.2) is 20.4 Å². The van der Waals surface area contributed by atoms with Crippen molar-refractivity contribution in [3.63, 3.8) is 0 Å². The molecule has 1 aliphatic rings. The second-order valence-corrected chi connectivity index (χ2v) is 7.77. The molecule has 2 aromatic heterocycles. The van der Waals surface area contributed by atoms with Crippen molar-refractivity contribution in [2.24, 2.45) is 0 Å². The van der Waals surface area contributed by atoms with Crippen molar-refractivity contribution in [2.45, 2.75) is 31.2 Å². The predicted octanol–water partition coefficient (Wildman–Crippen LogP) is 3.63. The van der Waals surface area contributed by atoms with Crippen molar-refractivity contribution in [3.8, 4) is 6.07 Å². The van der Waals surface area contributed by atoms with E-state index in [4.69, 9.17) is 5.26 Å². The summed E-state index contributed by atoms with van der Waals surface area (Å²) in [6.45, 7) is 1.99. The number of nitrogens with one attached hydrogen (secondary N) is 1. The van der Waals surface area contributed by atoms with Gasteiger partial charge in [-0.15, -0.1) is 11.3 Å². The number of nitriles is 1. The Morgan fingerprint density at radius 2 is 2.41 bits per heavy atom. The molecule has 1 unspecified atom stereocenters. The topological polar surface area (TPSA) is 83.6 Å². The zero-order chi connectivity index (χ0) is 19.0. The van der Waals surface area contributed by atoms with Crippen molar-refractivity contribution >= 4 is 22.4 Å². The van der Waals surface area contributed by atoms with Crippen molar-refractivity contribution in [2.75, 3.05) is 5.32 Å². The first-order chi connectivity index (χ1) is 13.0. The molecule has 0 radical (unpaired) electrons. The van der Waals surface area contributed by atoms with E-state index in [1.807, 2.05) is 17.6 Å². The van der Waals surface area contributed by atoms with Crippen LogP contribution in [0.3, 0.4) is 0 Å². The summed E-state index contributed by atoms with van der Waals surface area (Å²) in [6, 6.07) is 6.18. The van der Waals surface area contributed by atoms with Gasteiger partial charge in [0.1, 0.15) is 5.82 Å². The third-order valence-corrected chi connectivity index (χ3v) is 5.67. The molecule has 1 amide bonds. The number of rotatable bonds is 4. The van der Waals surface area contributed by atoms with Crippen molar-refractivity contribution in [1.82, 2.24) is 14.5 Å². The van der Waals surface area contributed by atoms with E-state index >= 15 is 0 Å². The maximum Gasteiger partial charge on any atom is 0.227 e. The fourth-order valence-electron chi connectivity index (χ4n) is 3.74. The minimum absolute atomic E-state index is 0.138. The minimum Gasteiger partial charge on any atom is -0.326 e. The Labute approximate surface area is 159 Å². The number of carbonyl (C=O) groups excluding carboxylic acids is 1. The number of imidazole rings is 1. The first-order valence-corrected chi connectivity index (χ1v) is 9.29. The second-order valence-electron chi connectivity index (χ2n) is 6.88. The maximum absolute atomic E-state index is 14.6. The van der Waals surface area contributed by atoms with Crippen LogP contribution in [0.4, 0.5) is 9.52 Å². The van der Waals surface area contributed by atoms with Gasteiger partial charge in [-0.25, -0.2) is 14.4 Å². The molecule has 0 spiro atoms. The molecule has 4 rings (SSSR count). The van der Waals surface area contributed by atoms with E-state index in [9.17, 15) is 9.18 Å². The van der Waals surface area contributed by atoms with Gasteiger partial charge < -0.3 is 9.88 Å². The maximum atomic E-state index is 14.6. The highest BCUT2D eigenvalue weighted by atomic mass is 32.1. The number of halogens is 1. The number of amides is 1. The van der Waals surface area contributed by atoms with Crippen molar-refractivity contribution in [1.29, 1.82) is 5.26 Å². The Morgan fingerprint density at radius 3 is 3.11 bits per heavy atom. The number of hydrogen-bond donors (Lipinski definition) is 1. The Balaban J connectivity index is 1.62. The molecule has 1 N–H and O–H groups in total. The van der Waals surface area contributed by atoms with Crippen LogP contribution in [0.25, 0.3) is 0 Å². The van der Waals surface area contributed by atoms with Crippen LogP contribution >= 0.6 is 11.3 Å². The Hall–Kier alpha value is -3.05. The number of fused-ring (bicyclic) bond motifs is 1. The fourth-order valence-corrected chi connectivity index (χ4v) is 4.29. The molecule has 1 aliphatic heterocycles. The van der Waals surface area contributed by atoms with Crippen LogP contribution in [0.2, 0.25) is 0 Å². The van der Waals surface area contributed by atoms with Gasteiger partial charge in [0.25, 0.3) is 0 Å². The highest BCUT2D eigenvalue weighted by Gasteiger charge is 2.43. The number of nitrogens with zero attached hydrogens (tertiary/aromatic N) is 4. The SMILES string of the molecule is CC1(CC(=O)Nc2nccs2)C[C@H](c2ccc(C#N)cc2F)n2cncc21.